The summed E-state index contributed by atoms with van der Waals surface area (Å²) in [5, 5.41) is 2.62. The normalized spacial score (nSPS) is 13.2. The second kappa shape index (κ2) is 19.4. The predicted molar refractivity (Wildman–Crippen MR) is 239 cm³/mol. The first-order valence-corrected chi connectivity index (χ1v) is 19.2. The van der Waals surface area contributed by atoms with E-state index in [0.29, 0.717) is 0 Å². The van der Waals surface area contributed by atoms with Gasteiger partial charge in [0.05, 0.1) is 0 Å². The molecule has 266 valence electrons. The van der Waals surface area contributed by atoms with Crippen molar-refractivity contribution in [3.8, 4) is 11.1 Å². The standard InChI is InChI=1S/C13H10.C12H8.C10H8.C9H8.C6H6.C5H6/c1-3-7-12-10(5-1)9-11-6-2-4-8-13(11)12;1-2-6-11-9(4-1)8-10-5-3-7-12(10)11;1-2-6-10-8-4-3-7-9(10)5-1;1-2-5-9-7-3-6-8(9)4-1;1-2-4-6-5-3-1;1-2-4-5-3-1/h1-8H,9H2;1-8H;1-8H;1-6H,7H2;1-6H;1-4H,5H2. The van der Waals surface area contributed by atoms with Crippen LogP contribution in [0.5, 0.6) is 0 Å². The molecule has 0 heteroatoms. The molecule has 55 heavy (non-hydrogen) atoms. The van der Waals surface area contributed by atoms with Gasteiger partial charge in [-0.25, -0.2) is 0 Å². The Labute approximate surface area is 327 Å². The van der Waals surface area contributed by atoms with Gasteiger partial charge in [0, 0.05) is 0 Å². The summed E-state index contributed by atoms with van der Waals surface area (Å²) in [6.45, 7) is 0. The van der Waals surface area contributed by atoms with Gasteiger partial charge in [-0.2, -0.15) is 0 Å². The van der Waals surface area contributed by atoms with E-state index in [1.807, 2.05) is 36.4 Å². The zero-order chi connectivity index (χ0) is 37.3. The van der Waals surface area contributed by atoms with E-state index in [0.717, 1.165) is 19.3 Å². The van der Waals surface area contributed by atoms with Crippen molar-refractivity contribution in [3.63, 3.8) is 0 Å². The Hall–Kier alpha value is -6.76. The van der Waals surface area contributed by atoms with E-state index in [-0.39, 0.29) is 0 Å². The van der Waals surface area contributed by atoms with E-state index < -0.39 is 0 Å². The Bertz CT molecular complexity index is 2350. The molecule has 5 aliphatic carbocycles. The second-order valence-electron chi connectivity index (χ2n) is 13.5. The van der Waals surface area contributed by atoms with E-state index in [2.05, 4.69) is 206 Å². The molecule has 0 radical (unpaired) electrons. The highest BCUT2D eigenvalue weighted by molar-refractivity contribution is 5.99. The number of fused-ring (bicyclic) bond motifs is 8. The first-order chi connectivity index (χ1) is 27.3. The summed E-state index contributed by atoms with van der Waals surface area (Å²) in [4.78, 5) is 0. The lowest BCUT2D eigenvalue weighted by Crippen LogP contribution is -1.78. The molecule has 0 nitrogen and oxygen atoms in total. The van der Waals surface area contributed by atoms with Gasteiger partial charge in [0.25, 0.3) is 0 Å². The van der Waals surface area contributed by atoms with Gasteiger partial charge in [0.15, 0.2) is 0 Å². The minimum Gasteiger partial charge on any atom is -0.0808 e. The monoisotopic (exact) mass is 706 g/mol. The van der Waals surface area contributed by atoms with Crippen molar-refractivity contribution >= 4 is 28.5 Å². The smallest absolute Gasteiger partial charge is 0.00135 e. The van der Waals surface area contributed by atoms with E-state index in [4.69, 9.17) is 0 Å². The summed E-state index contributed by atoms with van der Waals surface area (Å²) in [5.41, 5.74) is 14.1. The van der Waals surface area contributed by atoms with Gasteiger partial charge in [-0.1, -0.05) is 237 Å². The average molecular weight is 707 g/mol. The third kappa shape index (κ3) is 10.0. The lowest BCUT2D eigenvalue weighted by molar-refractivity contribution is 1.26. The largest absolute Gasteiger partial charge is 0.0808 e. The Morgan fingerprint density at radius 3 is 1.35 bits per heavy atom. The van der Waals surface area contributed by atoms with E-state index in [1.54, 1.807) is 0 Å². The van der Waals surface area contributed by atoms with E-state index >= 15 is 0 Å². The molecule has 0 N–H and O–H groups in total. The second-order valence-corrected chi connectivity index (χ2v) is 13.5. The fraction of sp³-hybridized carbons (Fsp3) is 0.0545. The van der Waals surface area contributed by atoms with E-state index in [1.165, 1.54) is 66.4 Å². The number of allylic oxidation sites excluding steroid dienone is 10. The number of hydrogen-bond acceptors (Lipinski definition) is 0. The zero-order valence-corrected chi connectivity index (χ0v) is 31.2. The van der Waals surface area contributed by atoms with Gasteiger partial charge in [0.1, 0.15) is 0 Å². The third-order valence-electron chi connectivity index (χ3n) is 9.79. The van der Waals surface area contributed by atoms with Crippen LogP contribution in [0.4, 0.5) is 0 Å². The van der Waals surface area contributed by atoms with Crippen LogP contribution in [0.3, 0.4) is 0 Å². The summed E-state index contributed by atoms with van der Waals surface area (Å²) < 4.78 is 0. The maximum absolute atomic E-state index is 2.24. The van der Waals surface area contributed by atoms with Crippen molar-refractivity contribution in [1.29, 1.82) is 0 Å². The molecule has 0 bridgehead atoms. The molecule has 5 aliphatic rings. The first kappa shape index (κ1) is 36.6. The lowest BCUT2D eigenvalue weighted by atomic mass is 10.1. The molecular formula is C55H46. The predicted octanol–water partition coefficient (Wildman–Crippen LogP) is 14.6. The highest BCUT2D eigenvalue weighted by atomic mass is 14.2. The molecule has 7 aromatic carbocycles. The van der Waals surface area contributed by atoms with Crippen molar-refractivity contribution in [2.75, 3.05) is 0 Å². The van der Waals surface area contributed by atoms with E-state index in [9.17, 15) is 0 Å². The average Bonchev–Trinajstić information content (AvgIpc) is 4.12. The van der Waals surface area contributed by atoms with Crippen LogP contribution in [0.15, 0.2) is 236 Å². The fourth-order valence-electron chi connectivity index (χ4n) is 7.03. The maximum Gasteiger partial charge on any atom is -0.00135 e. The zero-order valence-electron chi connectivity index (χ0n) is 31.2. The fourth-order valence-corrected chi connectivity index (χ4v) is 7.03. The van der Waals surface area contributed by atoms with Crippen LogP contribution in [0.25, 0.3) is 39.6 Å². The molecule has 0 saturated carbocycles. The Kier molecular flexibility index (Phi) is 12.9. The van der Waals surface area contributed by atoms with Crippen molar-refractivity contribution in [2.24, 2.45) is 0 Å². The minimum absolute atomic E-state index is 1.10. The van der Waals surface area contributed by atoms with Crippen LogP contribution in [-0.4, -0.2) is 0 Å². The summed E-state index contributed by atoms with van der Waals surface area (Å²) in [5.74, 6) is 0. The van der Waals surface area contributed by atoms with Crippen LogP contribution in [0.1, 0.15) is 39.8 Å². The highest BCUT2D eigenvalue weighted by Crippen LogP contribution is 2.38. The van der Waals surface area contributed by atoms with Crippen molar-refractivity contribution in [2.45, 2.75) is 19.3 Å². The van der Waals surface area contributed by atoms with Crippen molar-refractivity contribution in [1.82, 2.24) is 0 Å². The van der Waals surface area contributed by atoms with Crippen molar-refractivity contribution < 1.29 is 0 Å². The molecule has 0 heterocycles. The van der Waals surface area contributed by atoms with Crippen LogP contribution >= 0.6 is 0 Å². The van der Waals surface area contributed by atoms with Gasteiger partial charge >= 0.3 is 0 Å². The highest BCUT2D eigenvalue weighted by Gasteiger charge is 2.18. The lowest BCUT2D eigenvalue weighted by Gasteiger charge is -1.98. The number of benzene rings is 7. The van der Waals surface area contributed by atoms with Gasteiger partial charge < -0.3 is 0 Å². The molecule has 0 amide bonds. The van der Waals surface area contributed by atoms with Gasteiger partial charge in [0.2, 0.25) is 0 Å². The van der Waals surface area contributed by atoms with Crippen molar-refractivity contribution in [3.05, 3.63) is 270 Å². The summed E-state index contributed by atoms with van der Waals surface area (Å²) in [6, 6.07) is 63.0. The Morgan fingerprint density at radius 2 is 0.818 bits per heavy atom. The molecule has 12 rings (SSSR count). The molecule has 0 aromatic heterocycles. The molecule has 0 atom stereocenters. The Balaban J connectivity index is 0.000000104. The molecule has 0 unspecified atom stereocenters. The number of rotatable bonds is 0. The number of hydrogen-bond donors (Lipinski definition) is 0. The quantitative estimate of drug-likeness (QED) is 0.147. The topological polar surface area (TPSA) is 0 Å². The molecule has 0 spiro atoms. The van der Waals surface area contributed by atoms with Gasteiger partial charge in [-0.3, -0.25) is 0 Å². The van der Waals surface area contributed by atoms with Crippen LogP contribution in [0, 0.1) is 0 Å². The minimum atomic E-state index is 1.10. The molecule has 0 aliphatic heterocycles. The SMILES string of the molecule is C1=CC2=Cc3ccccc3C2=C1.C1=CCC=C1.C1=Cc2ccccc2C1.c1ccc2c(c1)Cc1ccccc1-2.c1ccc2ccccc2c1.c1ccccc1. The maximum atomic E-state index is 2.24. The summed E-state index contributed by atoms with van der Waals surface area (Å²) in [6.07, 6.45) is 24.8. The van der Waals surface area contributed by atoms with Crippen LogP contribution in [-0.2, 0) is 12.8 Å². The van der Waals surface area contributed by atoms with Crippen LogP contribution in [0.2, 0.25) is 0 Å². The van der Waals surface area contributed by atoms with Gasteiger partial charge in [-0.15, -0.1) is 0 Å². The van der Waals surface area contributed by atoms with Gasteiger partial charge in [-0.05, 0) is 91.8 Å². The molecule has 0 fully saturated rings. The summed E-state index contributed by atoms with van der Waals surface area (Å²) >= 11 is 0. The van der Waals surface area contributed by atoms with Crippen LogP contribution < -0.4 is 0 Å². The third-order valence-corrected chi connectivity index (χ3v) is 9.79. The molecule has 7 aromatic rings. The molecular weight excluding hydrogens is 661 g/mol. The molecule has 0 saturated heterocycles. The summed E-state index contributed by atoms with van der Waals surface area (Å²) in [7, 11) is 0. The first-order valence-electron chi connectivity index (χ1n) is 19.2. The Morgan fingerprint density at radius 1 is 0.345 bits per heavy atom.